The number of aromatic nitrogens is 1. The summed E-state index contributed by atoms with van der Waals surface area (Å²) in [5, 5.41) is 3.97. The van der Waals surface area contributed by atoms with E-state index in [0.717, 1.165) is 35.0 Å². The molecule has 1 fully saturated rings. The average Bonchev–Trinajstić information content (AvgIpc) is 3.48. The Bertz CT molecular complexity index is 981. The van der Waals surface area contributed by atoms with Crippen LogP contribution < -0.4 is 10.1 Å². The van der Waals surface area contributed by atoms with Crippen molar-refractivity contribution in [2.75, 3.05) is 13.2 Å². The molecule has 0 unspecified atom stereocenters. The maximum absolute atomic E-state index is 13.1. The summed E-state index contributed by atoms with van der Waals surface area (Å²) >= 11 is 0. The summed E-state index contributed by atoms with van der Waals surface area (Å²) in [6.45, 7) is 2.71. The highest BCUT2D eigenvalue weighted by molar-refractivity contribution is 5.91. The topological polar surface area (TPSA) is 51.2 Å². The average molecular weight is 364 g/mol. The molecule has 1 aliphatic carbocycles. The molecule has 1 amide bonds. The Morgan fingerprint density at radius 3 is 2.67 bits per heavy atom. The Balaban J connectivity index is 1.36. The minimum absolute atomic E-state index is 0.0235. The van der Waals surface area contributed by atoms with Gasteiger partial charge in [0, 0.05) is 11.1 Å². The van der Waals surface area contributed by atoms with Crippen LogP contribution in [0.4, 0.5) is 4.39 Å². The van der Waals surface area contributed by atoms with E-state index < -0.39 is 5.41 Å². The van der Waals surface area contributed by atoms with Gasteiger partial charge in [-0.25, -0.2) is 9.37 Å². The van der Waals surface area contributed by atoms with Crippen LogP contribution in [0.3, 0.4) is 0 Å². The molecule has 4 nitrogen and oxygen atoms in total. The van der Waals surface area contributed by atoms with Crippen molar-refractivity contribution in [2.24, 2.45) is 0 Å². The summed E-state index contributed by atoms with van der Waals surface area (Å²) in [6.07, 6.45) is 1.58. The van der Waals surface area contributed by atoms with Gasteiger partial charge in [0.15, 0.2) is 0 Å². The van der Waals surface area contributed by atoms with Crippen LogP contribution in [0.15, 0.2) is 54.6 Å². The zero-order valence-corrected chi connectivity index (χ0v) is 15.2. The summed E-state index contributed by atoms with van der Waals surface area (Å²) in [6, 6.07) is 16.0. The Morgan fingerprint density at radius 2 is 1.93 bits per heavy atom. The van der Waals surface area contributed by atoms with E-state index in [1.165, 1.54) is 12.1 Å². The summed E-state index contributed by atoms with van der Waals surface area (Å²) in [4.78, 5) is 17.2. The zero-order chi connectivity index (χ0) is 18.9. The van der Waals surface area contributed by atoms with Crippen molar-refractivity contribution in [3.8, 4) is 5.75 Å². The number of halogens is 1. The lowest BCUT2D eigenvalue weighted by molar-refractivity contribution is -0.123. The van der Waals surface area contributed by atoms with Gasteiger partial charge in [-0.3, -0.25) is 4.79 Å². The Labute approximate surface area is 157 Å². The highest BCUT2D eigenvalue weighted by Gasteiger charge is 2.51. The van der Waals surface area contributed by atoms with Crippen LogP contribution in [-0.4, -0.2) is 24.0 Å². The fraction of sp³-hybridized carbons (Fsp3) is 0.273. The molecule has 0 aliphatic heterocycles. The summed E-state index contributed by atoms with van der Waals surface area (Å²) in [7, 11) is 0. The second-order valence-electron chi connectivity index (χ2n) is 6.97. The van der Waals surface area contributed by atoms with Crippen molar-refractivity contribution in [3.05, 3.63) is 71.7 Å². The van der Waals surface area contributed by atoms with Crippen molar-refractivity contribution >= 4 is 16.8 Å². The molecule has 4 rings (SSSR count). The molecule has 1 heterocycles. The number of carbonyl (C=O) groups is 1. The van der Waals surface area contributed by atoms with Gasteiger partial charge in [-0.15, -0.1) is 0 Å². The predicted octanol–water partition coefficient (Wildman–Crippen LogP) is 3.91. The molecule has 0 saturated heterocycles. The number of hydrogen-bond donors (Lipinski definition) is 1. The first kappa shape index (κ1) is 17.5. The number of pyridine rings is 1. The van der Waals surface area contributed by atoms with Crippen LogP contribution in [0, 0.1) is 12.7 Å². The molecule has 1 aromatic heterocycles. The van der Waals surface area contributed by atoms with Crippen LogP contribution in [0.2, 0.25) is 0 Å². The van der Waals surface area contributed by atoms with Crippen LogP contribution in [0.5, 0.6) is 5.75 Å². The van der Waals surface area contributed by atoms with Gasteiger partial charge in [-0.2, -0.15) is 0 Å². The molecular weight excluding hydrogens is 343 g/mol. The molecule has 0 atom stereocenters. The van der Waals surface area contributed by atoms with Crippen LogP contribution in [0.25, 0.3) is 10.9 Å². The minimum Gasteiger partial charge on any atom is -0.489 e. The first-order valence-corrected chi connectivity index (χ1v) is 9.12. The van der Waals surface area contributed by atoms with Gasteiger partial charge in [-0.05, 0) is 49.6 Å². The second-order valence-corrected chi connectivity index (χ2v) is 6.97. The number of ether oxygens (including phenoxy) is 1. The van der Waals surface area contributed by atoms with Gasteiger partial charge in [0.05, 0.1) is 12.0 Å². The van der Waals surface area contributed by atoms with Gasteiger partial charge < -0.3 is 10.1 Å². The third-order valence-corrected chi connectivity index (χ3v) is 5.05. The van der Waals surface area contributed by atoms with E-state index in [0.29, 0.717) is 18.9 Å². The Morgan fingerprint density at radius 1 is 1.15 bits per heavy atom. The van der Waals surface area contributed by atoms with Crippen LogP contribution >= 0.6 is 0 Å². The number of aryl methyl sites for hydroxylation is 1. The number of benzene rings is 2. The molecule has 2 aromatic carbocycles. The number of amides is 1. The Hall–Kier alpha value is -2.95. The Kier molecular flexibility index (Phi) is 4.52. The van der Waals surface area contributed by atoms with Gasteiger partial charge in [0.25, 0.3) is 0 Å². The third-order valence-electron chi connectivity index (χ3n) is 5.05. The monoisotopic (exact) mass is 364 g/mol. The van der Waals surface area contributed by atoms with Crippen LogP contribution in [0.1, 0.15) is 24.1 Å². The first-order valence-electron chi connectivity index (χ1n) is 9.12. The van der Waals surface area contributed by atoms with E-state index in [4.69, 9.17) is 4.74 Å². The molecule has 0 spiro atoms. The summed E-state index contributed by atoms with van der Waals surface area (Å²) < 4.78 is 19.0. The van der Waals surface area contributed by atoms with Crippen molar-refractivity contribution in [3.63, 3.8) is 0 Å². The SMILES string of the molecule is Cc1ccc2cccc(OCCNC(=O)C3(c4ccc(F)cc4)CC3)c2n1. The fourth-order valence-electron chi connectivity index (χ4n) is 3.37. The first-order chi connectivity index (χ1) is 13.1. The quantitative estimate of drug-likeness (QED) is 0.675. The fourth-order valence-corrected chi connectivity index (χ4v) is 3.37. The smallest absolute Gasteiger partial charge is 0.230 e. The van der Waals surface area contributed by atoms with E-state index in [2.05, 4.69) is 10.3 Å². The molecule has 3 aromatic rings. The van der Waals surface area contributed by atoms with E-state index in [-0.39, 0.29) is 11.7 Å². The lowest BCUT2D eigenvalue weighted by Crippen LogP contribution is -2.37. The van der Waals surface area contributed by atoms with E-state index >= 15 is 0 Å². The van der Waals surface area contributed by atoms with Gasteiger partial charge in [0.2, 0.25) is 5.91 Å². The highest BCUT2D eigenvalue weighted by Crippen LogP contribution is 2.48. The molecule has 1 saturated carbocycles. The largest absolute Gasteiger partial charge is 0.489 e. The van der Waals surface area contributed by atoms with Crippen LogP contribution in [-0.2, 0) is 10.2 Å². The minimum atomic E-state index is -0.508. The summed E-state index contributed by atoms with van der Waals surface area (Å²) in [5.41, 5.74) is 2.12. The lowest BCUT2D eigenvalue weighted by atomic mass is 9.95. The number of nitrogens with zero attached hydrogens (tertiary/aromatic N) is 1. The molecule has 27 heavy (non-hydrogen) atoms. The standard InChI is InChI=1S/C22H21FN2O2/c1-15-5-6-16-3-2-4-19(20(16)25-15)27-14-13-24-21(26)22(11-12-22)17-7-9-18(23)10-8-17/h2-10H,11-14H2,1H3,(H,24,26). The van der Waals surface area contributed by atoms with E-state index in [1.54, 1.807) is 12.1 Å². The number of hydrogen-bond acceptors (Lipinski definition) is 3. The van der Waals surface area contributed by atoms with Gasteiger partial charge in [-0.1, -0.05) is 30.3 Å². The number of fused-ring (bicyclic) bond motifs is 1. The molecule has 1 aliphatic rings. The normalized spacial score (nSPS) is 14.7. The zero-order valence-electron chi connectivity index (χ0n) is 15.2. The van der Waals surface area contributed by atoms with Gasteiger partial charge >= 0.3 is 0 Å². The highest BCUT2D eigenvalue weighted by atomic mass is 19.1. The number of para-hydroxylation sites is 1. The molecule has 138 valence electrons. The molecule has 5 heteroatoms. The summed E-state index contributed by atoms with van der Waals surface area (Å²) in [5.74, 6) is 0.400. The maximum Gasteiger partial charge on any atom is 0.230 e. The molecule has 0 bridgehead atoms. The second kappa shape index (κ2) is 6.99. The van der Waals surface area contributed by atoms with Crippen molar-refractivity contribution in [1.82, 2.24) is 10.3 Å². The van der Waals surface area contributed by atoms with Crippen molar-refractivity contribution in [2.45, 2.75) is 25.2 Å². The molecule has 1 N–H and O–H groups in total. The maximum atomic E-state index is 13.1. The number of carbonyl (C=O) groups excluding carboxylic acids is 1. The number of nitrogens with one attached hydrogen (secondary N) is 1. The van der Waals surface area contributed by atoms with Gasteiger partial charge in [0.1, 0.15) is 23.7 Å². The molecular formula is C22H21FN2O2. The van der Waals surface area contributed by atoms with E-state index in [9.17, 15) is 9.18 Å². The van der Waals surface area contributed by atoms with Crippen molar-refractivity contribution < 1.29 is 13.9 Å². The lowest BCUT2D eigenvalue weighted by Gasteiger charge is -2.16. The molecule has 0 radical (unpaired) electrons. The van der Waals surface area contributed by atoms with E-state index in [1.807, 2.05) is 37.3 Å². The third kappa shape index (κ3) is 3.50. The predicted molar refractivity (Wildman–Crippen MR) is 102 cm³/mol. The number of rotatable bonds is 6. The van der Waals surface area contributed by atoms with Crippen molar-refractivity contribution in [1.29, 1.82) is 0 Å².